The highest BCUT2D eigenvalue weighted by atomic mass is 32.2. The molecular weight excluding hydrogens is 242 g/mol. The molecule has 0 fully saturated rings. The first-order chi connectivity index (χ1) is 8.69. The summed E-state index contributed by atoms with van der Waals surface area (Å²) in [5, 5.41) is 3.42. The quantitative estimate of drug-likeness (QED) is 0.724. The molecule has 0 amide bonds. The van der Waals surface area contributed by atoms with Crippen LogP contribution in [0.15, 0.2) is 18.2 Å². The molecule has 1 rings (SSSR count). The van der Waals surface area contributed by atoms with Crippen LogP contribution in [0.2, 0.25) is 0 Å². The Morgan fingerprint density at radius 2 is 2.17 bits per heavy atom. The molecule has 18 heavy (non-hydrogen) atoms. The smallest absolute Gasteiger partial charge is 0.122 e. The van der Waals surface area contributed by atoms with Crippen molar-refractivity contribution in [2.75, 3.05) is 25.2 Å². The van der Waals surface area contributed by atoms with Crippen molar-refractivity contribution in [2.45, 2.75) is 33.2 Å². The molecule has 0 aliphatic heterocycles. The molecule has 1 unspecified atom stereocenters. The van der Waals surface area contributed by atoms with Gasteiger partial charge in [0.15, 0.2) is 0 Å². The lowest BCUT2D eigenvalue weighted by atomic mass is 10.1. The summed E-state index contributed by atoms with van der Waals surface area (Å²) >= 11 is 1.86. The van der Waals surface area contributed by atoms with Gasteiger partial charge in [0.25, 0.3) is 0 Å². The maximum atomic E-state index is 5.80. The monoisotopic (exact) mass is 267 g/mol. The van der Waals surface area contributed by atoms with Gasteiger partial charge in [-0.25, -0.2) is 0 Å². The largest absolute Gasteiger partial charge is 0.493 e. The molecule has 2 nitrogen and oxygen atoms in total. The van der Waals surface area contributed by atoms with Crippen LogP contribution in [-0.2, 0) is 0 Å². The minimum atomic E-state index is 0.402. The number of rotatable bonds is 8. The van der Waals surface area contributed by atoms with E-state index in [-0.39, 0.29) is 0 Å². The zero-order valence-electron chi connectivity index (χ0n) is 12.0. The summed E-state index contributed by atoms with van der Waals surface area (Å²) < 4.78 is 5.80. The topological polar surface area (TPSA) is 21.3 Å². The van der Waals surface area contributed by atoms with Crippen LogP contribution in [0, 0.1) is 6.92 Å². The van der Waals surface area contributed by atoms with Gasteiger partial charge in [0.05, 0.1) is 6.61 Å². The van der Waals surface area contributed by atoms with Gasteiger partial charge in [-0.2, -0.15) is 11.8 Å². The Kier molecular flexibility index (Phi) is 7.21. The Balaban J connectivity index is 2.56. The van der Waals surface area contributed by atoms with Gasteiger partial charge in [0.1, 0.15) is 5.75 Å². The third-order valence-electron chi connectivity index (χ3n) is 2.96. The molecule has 0 aliphatic carbocycles. The summed E-state index contributed by atoms with van der Waals surface area (Å²) in [6.45, 7) is 8.24. The summed E-state index contributed by atoms with van der Waals surface area (Å²) in [6, 6.07) is 6.87. The van der Waals surface area contributed by atoms with Crippen molar-refractivity contribution in [1.29, 1.82) is 0 Å². The van der Waals surface area contributed by atoms with Crippen molar-refractivity contribution in [1.82, 2.24) is 5.32 Å². The van der Waals surface area contributed by atoms with Crippen LogP contribution in [-0.4, -0.2) is 25.2 Å². The van der Waals surface area contributed by atoms with E-state index < -0.39 is 0 Å². The molecule has 0 saturated carbocycles. The standard InChI is InChI=1S/C15H25NOS/c1-5-16-13(3)14-7-8-15(12(2)11-14)17-9-6-10-18-4/h7-8,11,13,16H,5-6,9-10H2,1-4H3. The molecule has 0 radical (unpaired) electrons. The van der Waals surface area contributed by atoms with Gasteiger partial charge in [0, 0.05) is 6.04 Å². The van der Waals surface area contributed by atoms with Gasteiger partial charge in [-0.15, -0.1) is 0 Å². The second-order valence-electron chi connectivity index (χ2n) is 4.50. The van der Waals surface area contributed by atoms with Crippen LogP contribution < -0.4 is 10.1 Å². The number of benzene rings is 1. The second-order valence-corrected chi connectivity index (χ2v) is 5.48. The molecule has 0 bridgehead atoms. The normalized spacial score (nSPS) is 12.4. The third kappa shape index (κ3) is 4.91. The van der Waals surface area contributed by atoms with E-state index in [1.54, 1.807) is 0 Å². The lowest BCUT2D eigenvalue weighted by molar-refractivity contribution is 0.316. The highest BCUT2D eigenvalue weighted by Crippen LogP contribution is 2.22. The van der Waals surface area contributed by atoms with Crippen LogP contribution in [0.3, 0.4) is 0 Å². The number of ether oxygens (including phenoxy) is 1. The molecule has 102 valence electrons. The van der Waals surface area contributed by atoms with Gasteiger partial charge >= 0.3 is 0 Å². The Morgan fingerprint density at radius 1 is 1.39 bits per heavy atom. The molecule has 0 saturated heterocycles. The average molecular weight is 267 g/mol. The summed E-state index contributed by atoms with van der Waals surface area (Å²) in [4.78, 5) is 0. The van der Waals surface area contributed by atoms with Crippen LogP contribution in [0.4, 0.5) is 0 Å². The third-order valence-corrected chi connectivity index (χ3v) is 3.66. The first-order valence-electron chi connectivity index (χ1n) is 6.64. The Labute approximate surface area is 116 Å². The fourth-order valence-corrected chi connectivity index (χ4v) is 2.32. The van der Waals surface area contributed by atoms with E-state index in [1.165, 1.54) is 11.1 Å². The van der Waals surface area contributed by atoms with E-state index in [0.717, 1.165) is 31.1 Å². The lowest BCUT2D eigenvalue weighted by Gasteiger charge is -2.15. The van der Waals surface area contributed by atoms with Crippen molar-refractivity contribution in [2.24, 2.45) is 0 Å². The molecule has 1 atom stereocenters. The Bertz CT molecular complexity index is 354. The number of aryl methyl sites for hydroxylation is 1. The predicted molar refractivity (Wildman–Crippen MR) is 81.8 cm³/mol. The SMILES string of the molecule is CCNC(C)c1ccc(OCCCSC)c(C)c1. The number of nitrogens with one attached hydrogen (secondary N) is 1. The number of thioether (sulfide) groups is 1. The highest BCUT2D eigenvalue weighted by Gasteiger charge is 2.06. The van der Waals surface area contributed by atoms with Gasteiger partial charge in [0.2, 0.25) is 0 Å². The minimum Gasteiger partial charge on any atom is -0.493 e. The highest BCUT2D eigenvalue weighted by molar-refractivity contribution is 7.98. The van der Waals surface area contributed by atoms with E-state index in [4.69, 9.17) is 4.74 Å². The van der Waals surface area contributed by atoms with Gasteiger partial charge in [-0.3, -0.25) is 0 Å². The minimum absolute atomic E-state index is 0.402. The Hall–Kier alpha value is -0.670. The number of hydrogen-bond donors (Lipinski definition) is 1. The fourth-order valence-electron chi connectivity index (χ4n) is 1.91. The summed E-state index contributed by atoms with van der Waals surface area (Å²) in [5.74, 6) is 2.18. The maximum absolute atomic E-state index is 5.80. The van der Waals surface area contributed by atoms with Crippen LogP contribution in [0.25, 0.3) is 0 Å². The first kappa shape index (κ1) is 15.4. The van der Waals surface area contributed by atoms with Crippen molar-refractivity contribution in [3.63, 3.8) is 0 Å². The van der Waals surface area contributed by atoms with Gasteiger partial charge < -0.3 is 10.1 Å². The fraction of sp³-hybridized carbons (Fsp3) is 0.600. The molecule has 0 aromatic heterocycles. The average Bonchev–Trinajstić information content (AvgIpc) is 2.36. The summed E-state index contributed by atoms with van der Waals surface area (Å²) in [5.41, 5.74) is 2.55. The van der Waals surface area contributed by atoms with E-state index in [1.807, 2.05) is 11.8 Å². The van der Waals surface area contributed by atoms with Gasteiger partial charge in [-0.05, 0) is 56.0 Å². The van der Waals surface area contributed by atoms with E-state index >= 15 is 0 Å². The van der Waals surface area contributed by atoms with Crippen molar-refractivity contribution < 1.29 is 4.74 Å². The van der Waals surface area contributed by atoms with Gasteiger partial charge in [-0.1, -0.05) is 19.1 Å². The zero-order valence-corrected chi connectivity index (χ0v) is 12.8. The van der Waals surface area contributed by atoms with E-state index in [2.05, 4.69) is 50.5 Å². The van der Waals surface area contributed by atoms with Crippen LogP contribution >= 0.6 is 11.8 Å². The van der Waals surface area contributed by atoms with Crippen molar-refractivity contribution in [3.05, 3.63) is 29.3 Å². The molecule has 1 aromatic carbocycles. The van der Waals surface area contributed by atoms with E-state index in [0.29, 0.717) is 6.04 Å². The Morgan fingerprint density at radius 3 is 2.78 bits per heavy atom. The predicted octanol–water partition coefficient (Wildman–Crippen LogP) is 3.80. The maximum Gasteiger partial charge on any atom is 0.122 e. The molecule has 3 heteroatoms. The molecule has 1 aromatic rings. The molecule has 0 spiro atoms. The summed E-state index contributed by atoms with van der Waals surface area (Å²) in [6.07, 6.45) is 3.23. The van der Waals surface area contributed by atoms with Crippen LogP contribution in [0.5, 0.6) is 5.75 Å². The molecular formula is C15H25NOS. The zero-order chi connectivity index (χ0) is 13.4. The van der Waals surface area contributed by atoms with Crippen molar-refractivity contribution in [3.8, 4) is 5.75 Å². The molecule has 0 heterocycles. The van der Waals surface area contributed by atoms with Crippen molar-refractivity contribution >= 4 is 11.8 Å². The summed E-state index contributed by atoms with van der Waals surface area (Å²) in [7, 11) is 0. The first-order valence-corrected chi connectivity index (χ1v) is 8.04. The second kappa shape index (κ2) is 8.44. The van der Waals surface area contributed by atoms with Crippen LogP contribution in [0.1, 0.15) is 37.4 Å². The molecule has 0 aliphatic rings. The van der Waals surface area contributed by atoms with E-state index in [9.17, 15) is 0 Å². The lowest BCUT2D eigenvalue weighted by Crippen LogP contribution is -2.17. The number of hydrogen-bond acceptors (Lipinski definition) is 3. The molecule has 1 N–H and O–H groups in total.